The van der Waals surface area contributed by atoms with Gasteiger partial charge in [-0.05, 0) is 0 Å². The van der Waals surface area contributed by atoms with Crippen molar-refractivity contribution in [3.05, 3.63) is 23.8 Å². The molecule has 0 aliphatic rings. The summed E-state index contributed by atoms with van der Waals surface area (Å²) in [6, 6.07) is 0.496. The number of hydrogen-bond donors (Lipinski definition) is 1. The molecule has 5 heteroatoms. The lowest BCUT2D eigenvalue weighted by atomic mass is 10.3. The number of nitrogens with one attached hydrogen (secondary N) is 1. The number of nitrogens with zero attached hydrogens (tertiary/aromatic N) is 2. The number of hydrogen-bond acceptors (Lipinski definition) is 5. The maximum absolute atomic E-state index is 5.63. The molecule has 1 N–H and O–H groups in total. The largest absolute Gasteiger partial charge is 0.440 e. The van der Waals surface area contributed by atoms with E-state index in [2.05, 4.69) is 29.1 Å². The van der Waals surface area contributed by atoms with Crippen LogP contribution in [-0.4, -0.2) is 22.6 Å². The minimum Gasteiger partial charge on any atom is -0.440 e. The van der Waals surface area contributed by atoms with E-state index in [1.54, 1.807) is 29.2 Å². The Kier molecular flexibility index (Phi) is 3.69. The summed E-state index contributed by atoms with van der Waals surface area (Å²) in [6.07, 6.45) is 4.37. The van der Waals surface area contributed by atoms with Gasteiger partial charge in [-0.1, -0.05) is 13.8 Å². The number of thiazole rings is 1. The smallest absolute Gasteiger partial charge is 0.196 e. The molecule has 0 bridgehead atoms. The monoisotopic (exact) mass is 237 g/mol. The van der Waals surface area contributed by atoms with Crippen LogP contribution < -0.4 is 5.32 Å². The van der Waals surface area contributed by atoms with E-state index in [0.717, 1.165) is 29.5 Å². The molecule has 0 aliphatic heterocycles. The van der Waals surface area contributed by atoms with Crippen molar-refractivity contribution in [2.45, 2.75) is 26.3 Å². The van der Waals surface area contributed by atoms with Crippen molar-refractivity contribution in [3.8, 4) is 10.6 Å². The first-order valence-electron chi connectivity index (χ1n) is 5.32. The second kappa shape index (κ2) is 5.23. The second-order valence-corrected chi connectivity index (χ2v) is 4.73. The maximum Gasteiger partial charge on any atom is 0.196 e. The average molecular weight is 237 g/mol. The molecule has 0 radical (unpaired) electrons. The standard InChI is InChI=1S/C11H15N3OS/c1-8(2)13-4-3-11-14-5-9(15-11)10-6-12-7-16-10/h5-8,13H,3-4H2,1-2H3. The van der Waals surface area contributed by atoms with Crippen LogP contribution in [0.5, 0.6) is 0 Å². The number of aromatic nitrogens is 2. The van der Waals surface area contributed by atoms with Crippen LogP contribution in [0.3, 0.4) is 0 Å². The van der Waals surface area contributed by atoms with Gasteiger partial charge in [0.05, 0.1) is 16.6 Å². The van der Waals surface area contributed by atoms with Crippen molar-refractivity contribution in [2.24, 2.45) is 0 Å². The number of rotatable bonds is 5. The Hall–Kier alpha value is -1.20. The van der Waals surface area contributed by atoms with Gasteiger partial charge in [0.2, 0.25) is 0 Å². The molecule has 0 saturated heterocycles. The summed E-state index contributed by atoms with van der Waals surface area (Å²) in [5.41, 5.74) is 1.79. The normalized spacial score (nSPS) is 11.2. The molecule has 2 rings (SSSR count). The summed E-state index contributed by atoms with van der Waals surface area (Å²) in [6.45, 7) is 5.14. The fraction of sp³-hybridized carbons (Fsp3) is 0.455. The van der Waals surface area contributed by atoms with Crippen LogP contribution in [0.15, 0.2) is 22.3 Å². The third-order valence-corrected chi connectivity index (χ3v) is 2.91. The fourth-order valence-corrected chi connectivity index (χ4v) is 1.91. The molecule has 0 aliphatic carbocycles. The summed E-state index contributed by atoms with van der Waals surface area (Å²) in [5.74, 6) is 1.58. The molecule has 16 heavy (non-hydrogen) atoms. The van der Waals surface area contributed by atoms with E-state index >= 15 is 0 Å². The van der Waals surface area contributed by atoms with Gasteiger partial charge in [-0.2, -0.15) is 0 Å². The molecule has 0 aromatic carbocycles. The summed E-state index contributed by atoms with van der Waals surface area (Å²) < 4.78 is 5.63. The third kappa shape index (κ3) is 2.90. The molecule has 2 heterocycles. The molecule has 4 nitrogen and oxygen atoms in total. The fourth-order valence-electron chi connectivity index (χ4n) is 1.34. The summed E-state index contributed by atoms with van der Waals surface area (Å²) >= 11 is 1.56. The van der Waals surface area contributed by atoms with Crippen molar-refractivity contribution >= 4 is 11.3 Å². The molecular weight excluding hydrogens is 222 g/mol. The van der Waals surface area contributed by atoms with Crippen LogP contribution in [0.4, 0.5) is 0 Å². The van der Waals surface area contributed by atoms with Crippen LogP contribution in [0.1, 0.15) is 19.7 Å². The van der Waals surface area contributed by atoms with Gasteiger partial charge in [0.15, 0.2) is 11.7 Å². The number of oxazole rings is 1. The molecule has 0 fully saturated rings. The van der Waals surface area contributed by atoms with Crippen molar-refractivity contribution in [1.82, 2.24) is 15.3 Å². The van der Waals surface area contributed by atoms with Gasteiger partial charge < -0.3 is 9.73 Å². The van der Waals surface area contributed by atoms with E-state index in [-0.39, 0.29) is 0 Å². The highest BCUT2D eigenvalue weighted by Crippen LogP contribution is 2.23. The van der Waals surface area contributed by atoms with Gasteiger partial charge in [-0.25, -0.2) is 4.98 Å². The van der Waals surface area contributed by atoms with E-state index in [4.69, 9.17) is 4.42 Å². The van der Waals surface area contributed by atoms with Crippen molar-refractivity contribution in [2.75, 3.05) is 6.54 Å². The molecule has 0 spiro atoms. The van der Waals surface area contributed by atoms with Crippen LogP contribution >= 0.6 is 11.3 Å². The zero-order chi connectivity index (χ0) is 11.4. The van der Waals surface area contributed by atoms with E-state index in [1.807, 2.05) is 0 Å². The lowest BCUT2D eigenvalue weighted by molar-refractivity contribution is 0.485. The summed E-state index contributed by atoms with van der Waals surface area (Å²) in [5, 5.41) is 3.33. The molecule has 86 valence electrons. The maximum atomic E-state index is 5.63. The second-order valence-electron chi connectivity index (χ2n) is 3.84. The first-order valence-corrected chi connectivity index (χ1v) is 6.20. The van der Waals surface area contributed by atoms with Crippen LogP contribution in [0, 0.1) is 0 Å². The van der Waals surface area contributed by atoms with E-state index < -0.39 is 0 Å². The average Bonchev–Trinajstić information content (AvgIpc) is 2.85. The molecule has 0 unspecified atom stereocenters. The lowest BCUT2D eigenvalue weighted by Gasteiger charge is -2.05. The Morgan fingerprint density at radius 3 is 3.00 bits per heavy atom. The Morgan fingerprint density at radius 1 is 1.44 bits per heavy atom. The highest BCUT2D eigenvalue weighted by atomic mass is 32.1. The highest BCUT2D eigenvalue weighted by molar-refractivity contribution is 7.13. The predicted molar refractivity (Wildman–Crippen MR) is 64.5 cm³/mol. The van der Waals surface area contributed by atoms with Crippen LogP contribution in [0.2, 0.25) is 0 Å². The van der Waals surface area contributed by atoms with Crippen LogP contribution in [-0.2, 0) is 6.42 Å². The van der Waals surface area contributed by atoms with Gasteiger partial charge in [-0.15, -0.1) is 11.3 Å². The SMILES string of the molecule is CC(C)NCCc1ncc(-c2cncs2)o1. The Balaban J connectivity index is 1.93. The molecule has 0 saturated carbocycles. The minimum atomic E-state index is 0.496. The zero-order valence-electron chi connectivity index (χ0n) is 9.43. The summed E-state index contributed by atoms with van der Waals surface area (Å²) in [4.78, 5) is 9.28. The lowest BCUT2D eigenvalue weighted by Crippen LogP contribution is -2.24. The van der Waals surface area contributed by atoms with Gasteiger partial charge >= 0.3 is 0 Å². The predicted octanol–water partition coefficient (Wildman–Crippen LogP) is 2.34. The quantitative estimate of drug-likeness (QED) is 0.867. The molecule has 0 atom stereocenters. The Morgan fingerprint density at radius 2 is 2.31 bits per heavy atom. The van der Waals surface area contributed by atoms with Gasteiger partial charge in [0.1, 0.15) is 0 Å². The Labute approximate surface area is 98.7 Å². The minimum absolute atomic E-state index is 0.496. The topological polar surface area (TPSA) is 51.0 Å². The molecule has 2 aromatic rings. The molecule has 0 amide bonds. The van der Waals surface area contributed by atoms with Crippen molar-refractivity contribution < 1.29 is 4.42 Å². The first-order chi connectivity index (χ1) is 7.75. The van der Waals surface area contributed by atoms with Gasteiger partial charge in [0, 0.05) is 25.2 Å². The highest BCUT2D eigenvalue weighted by Gasteiger charge is 2.07. The molecular formula is C11H15N3OS. The molecule has 2 aromatic heterocycles. The van der Waals surface area contributed by atoms with E-state index in [1.165, 1.54) is 0 Å². The Bertz CT molecular complexity index is 422. The summed E-state index contributed by atoms with van der Waals surface area (Å²) in [7, 11) is 0. The zero-order valence-corrected chi connectivity index (χ0v) is 10.3. The van der Waals surface area contributed by atoms with Crippen molar-refractivity contribution in [1.29, 1.82) is 0 Å². The van der Waals surface area contributed by atoms with Crippen LogP contribution in [0.25, 0.3) is 10.6 Å². The van der Waals surface area contributed by atoms with E-state index in [0.29, 0.717) is 6.04 Å². The van der Waals surface area contributed by atoms with Gasteiger partial charge in [0.25, 0.3) is 0 Å². The van der Waals surface area contributed by atoms with Crippen molar-refractivity contribution in [3.63, 3.8) is 0 Å². The third-order valence-electron chi connectivity index (χ3n) is 2.12. The van der Waals surface area contributed by atoms with Gasteiger partial charge in [-0.3, -0.25) is 4.98 Å². The first kappa shape index (κ1) is 11.3. The van der Waals surface area contributed by atoms with E-state index in [9.17, 15) is 0 Å².